The van der Waals surface area contributed by atoms with Crippen LogP contribution in [0.3, 0.4) is 0 Å². The number of ketones is 2. The monoisotopic (exact) mass is 2010 g/mol. The Bertz CT molecular complexity index is 4580. The normalized spacial score (nSPS) is 18.3. The molecule has 11 atom stereocenters. The maximum atomic E-state index is 12.7. The number of hydrogen-bond donors (Lipinski definition) is 4. The number of benzene rings is 5. The van der Waals surface area contributed by atoms with Crippen LogP contribution < -0.4 is 87.8 Å². The fourth-order valence-electron chi connectivity index (χ4n) is 15.4. The van der Waals surface area contributed by atoms with E-state index in [1.165, 1.54) is 26.9 Å². The maximum Gasteiger partial charge on any atom is 1.00 e. The molecule has 0 radical (unpaired) electrons. The number of aliphatic hydroxyl groups excluding tert-OH is 2. The summed E-state index contributed by atoms with van der Waals surface area (Å²) >= 11 is 7.15. The van der Waals surface area contributed by atoms with Crippen LogP contribution in [0.4, 0.5) is 0 Å². The van der Waals surface area contributed by atoms with Gasteiger partial charge in [-0.3, -0.25) is 57.1 Å². The zero-order valence-corrected chi connectivity index (χ0v) is 84.5. The topological polar surface area (TPSA) is 470 Å². The van der Waals surface area contributed by atoms with Gasteiger partial charge in [-0.15, -0.1) is 0 Å². The molecule has 3 heterocycles. The van der Waals surface area contributed by atoms with Gasteiger partial charge in [-0.05, 0) is 157 Å². The fraction of sp³-hybridized carbons (Fsp3) is 0.582. The summed E-state index contributed by atoms with van der Waals surface area (Å²) in [5, 5.41) is 41.7. The Labute approximate surface area is 819 Å². The summed E-state index contributed by atoms with van der Waals surface area (Å²) < 4.78 is 103. The number of halogens is 2. The Kier molecular flexibility index (Phi) is 52.1. The number of phosphoric acid groups is 2. The number of rotatable bonds is 51. The Hall–Kier alpha value is -6.44. The SMILES string of the molecule is CCCCCC(=O)OCC(COP(=O)([O-])OCCCC(=O)CCCC(=O)O)OC(=O)CCCCC.CCCCCC(=O)OCC(COP(=O)([O-])OCCCC(=O)CCCC(=O)OC)OC(=O)CCCCC.COc1cc(C2c3cc4c(cc3[C@H](O)[C@H]3COC(=O)C23)OCO4)cc(CO)c1OC.O=C1OCC2Cc3c(ccc4ccc(O)cc34)C(c3cc(Br)cc(Br)c3)C12.[Na+].[Na+]. The number of aromatic hydroxyl groups is 1. The molecule has 2 aliphatic carbocycles. The number of carboxylic acid groups (broad SMARTS) is 1. The number of carbonyl (C=O) groups is 10. The van der Waals surface area contributed by atoms with E-state index in [4.69, 9.17) is 70.6 Å². The van der Waals surface area contributed by atoms with Crippen molar-refractivity contribution in [3.05, 3.63) is 121 Å². The second-order valence-electron chi connectivity index (χ2n) is 31.5. The van der Waals surface area contributed by atoms with Crippen LogP contribution in [0, 0.1) is 23.7 Å². The molecule has 130 heavy (non-hydrogen) atoms. The number of unbranched alkanes of at least 4 members (excludes halogenated alkanes) is 8. The second-order valence-corrected chi connectivity index (χ2v) is 36.2. The zero-order chi connectivity index (χ0) is 93.5. The van der Waals surface area contributed by atoms with E-state index in [0.29, 0.717) is 72.8 Å². The van der Waals surface area contributed by atoms with Gasteiger partial charge in [0.05, 0.1) is 85.5 Å². The van der Waals surface area contributed by atoms with Gasteiger partial charge in [0.2, 0.25) is 6.79 Å². The molecule has 2 fully saturated rings. The third-order valence-corrected chi connectivity index (χ3v) is 24.7. The van der Waals surface area contributed by atoms with Crippen LogP contribution in [0.1, 0.15) is 252 Å². The number of fused-ring (bicyclic) bond motifs is 7. The summed E-state index contributed by atoms with van der Waals surface area (Å²) in [6, 6.07) is 23.1. The first kappa shape index (κ1) is 114. The van der Waals surface area contributed by atoms with Gasteiger partial charge in [0.25, 0.3) is 15.6 Å². The smallest absolute Gasteiger partial charge is 0.756 e. The van der Waals surface area contributed by atoms with E-state index < -0.39 is 94.8 Å². The minimum Gasteiger partial charge on any atom is -0.756 e. The standard InChI is InChI=1S/C24H43O11P.C23H41O11P.C22H16Br2O3.C22H22O8.2Na/c1-4-6-8-14-23(27)32-18-21(35-24(28)15-9-7-5-2)19-34-36(29,30)33-17-11-13-20(25)12-10-16-22(26)31-3;1-3-5-7-14-22(27)31-17-20(34-23(28)15-8-6-4-2)18-33-35(29,30)32-16-10-12-19(24)11-9-13-21(25)26;23-14-5-12(6-15(24)8-14)20-17-4-2-11-1-3-16(25)9-18(11)19(17)7-13-10-27-22(26)21(13)20;1-26-17-4-10(3-11(7-23)21(17)27-2)18-12-5-15-16(30-9-29-15)6-13(12)20(24)14-8-28-22(25)19(14)18;;/h21H,4-19H2,1-3H3,(H,29,30);20H,3-18H2,1-2H3,(H,25,26)(H,29,30);1-6,8-9,13,20-21,25H,7,10H2;3-6,14,18-20,23-24H,7-9H2,1-2H3;;/q;;;;2*+1/p-2/t;;;14-,18?,19?,20-;;/m...0../s1. The average Bonchev–Trinajstić information content (AvgIpc) is 1.49. The number of Topliss-reactive ketones (excluding diaryl/α,β-unsaturated/α-hetero) is 2. The summed E-state index contributed by atoms with van der Waals surface area (Å²) in [6.07, 6.45) is 9.52. The molecule has 4 N–H and O–H groups in total. The quantitative estimate of drug-likeness (QED) is 0.00927. The van der Waals surface area contributed by atoms with E-state index in [1.807, 2.05) is 52.0 Å². The van der Waals surface area contributed by atoms with Gasteiger partial charge >= 0.3 is 107 Å². The third kappa shape index (κ3) is 37.3. The van der Waals surface area contributed by atoms with Gasteiger partial charge in [-0.25, -0.2) is 0 Å². The predicted octanol–water partition coefficient (Wildman–Crippen LogP) is 8.95. The van der Waals surface area contributed by atoms with Gasteiger partial charge in [0.1, 0.15) is 30.5 Å². The van der Waals surface area contributed by atoms with Crippen molar-refractivity contribution in [3.8, 4) is 28.7 Å². The van der Waals surface area contributed by atoms with Gasteiger partial charge in [-0.1, -0.05) is 129 Å². The molecule has 2 saturated heterocycles. The largest absolute Gasteiger partial charge is 1.00 e. The molecule has 39 heteroatoms. The number of carboxylic acids is 1. The number of esters is 7. The Balaban J connectivity index is 0.000000306. The molecule has 0 amide bonds. The number of hydrogen-bond acceptors (Lipinski definition) is 32. The third-order valence-electron chi connectivity index (χ3n) is 21.9. The maximum absolute atomic E-state index is 12.7. The Morgan fingerprint density at radius 3 is 1.48 bits per heavy atom. The molecule has 5 aromatic carbocycles. The first-order valence-corrected chi connectivity index (χ1v) is 48.0. The van der Waals surface area contributed by atoms with Crippen molar-refractivity contribution in [2.45, 2.75) is 238 Å². The molecule has 0 aromatic heterocycles. The van der Waals surface area contributed by atoms with Crippen LogP contribution in [0.15, 0.2) is 81.7 Å². The van der Waals surface area contributed by atoms with Gasteiger partial charge in [0.15, 0.2) is 35.2 Å². The van der Waals surface area contributed by atoms with E-state index in [9.17, 15) is 82.2 Å². The van der Waals surface area contributed by atoms with E-state index >= 15 is 0 Å². The Morgan fingerprint density at radius 1 is 0.508 bits per heavy atom. The minimum absolute atomic E-state index is 0. The number of aliphatic hydroxyl groups is 2. The summed E-state index contributed by atoms with van der Waals surface area (Å²) in [4.78, 5) is 142. The number of ether oxygens (including phenoxy) is 11. The van der Waals surface area contributed by atoms with Crippen molar-refractivity contribution in [3.63, 3.8) is 0 Å². The molecule has 9 unspecified atom stereocenters. The van der Waals surface area contributed by atoms with Gasteiger partial charge in [0, 0.05) is 102 Å². The van der Waals surface area contributed by atoms with Crippen LogP contribution >= 0.6 is 47.5 Å². The Morgan fingerprint density at radius 2 is 0.977 bits per heavy atom. The number of phosphoric ester groups is 2. The molecule has 3 aliphatic heterocycles. The number of carbonyl (C=O) groups excluding carboxylic acids is 9. The molecule has 0 bridgehead atoms. The summed E-state index contributed by atoms with van der Waals surface area (Å²) in [7, 11) is -5.19. The van der Waals surface area contributed by atoms with Crippen LogP contribution in [-0.4, -0.2) is 173 Å². The fourth-order valence-corrected chi connectivity index (χ4v) is 18.3. The molecular weight excluding hydrogens is 1890 g/mol. The molecule has 708 valence electrons. The number of phenolic OH excluding ortho intramolecular Hbond substituents is 1. The predicted molar refractivity (Wildman–Crippen MR) is 467 cm³/mol. The average molecular weight is 2010 g/mol. The van der Waals surface area contributed by atoms with Crippen molar-refractivity contribution in [1.29, 1.82) is 0 Å². The van der Waals surface area contributed by atoms with E-state index in [-0.39, 0.29) is 242 Å². The van der Waals surface area contributed by atoms with Gasteiger partial charge in [-0.2, -0.15) is 0 Å². The van der Waals surface area contributed by atoms with E-state index in [1.54, 1.807) is 24.3 Å². The van der Waals surface area contributed by atoms with Crippen molar-refractivity contribution in [2.75, 3.05) is 81.0 Å². The molecule has 5 aliphatic rings. The van der Waals surface area contributed by atoms with Crippen LogP contribution in [0.25, 0.3) is 10.8 Å². The molecule has 10 rings (SSSR count). The minimum atomic E-state index is -4.75. The molecule has 0 saturated carbocycles. The van der Waals surface area contributed by atoms with E-state index in [2.05, 4.69) is 60.9 Å². The number of aliphatic carboxylic acids is 1. The van der Waals surface area contributed by atoms with Crippen molar-refractivity contribution < 1.29 is 217 Å². The number of methoxy groups -OCH3 is 3. The van der Waals surface area contributed by atoms with Crippen molar-refractivity contribution in [2.24, 2.45) is 23.7 Å². The first-order valence-electron chi connectivity index (χ1n) is 43.5. The van der Waals surface area contributed by atoms with Crippen LogP contribution in [0.5, 0.6) is 28.7 Å². The number of phenols is 1. The summed E-state index contributed by atoms with van der Waals surface area (Å²) in [6.45, 7) is 6.09. The van der Waals surface area contributed by atoms with Crippen LogP contribution in [-0.2, 0) is 121 Å². The van der Waals surface area contributed by atoms with Crippen molar-refractivity contribution in [1.82, 2.24) is 0 Å². The van der Waals surface area contributed by atoms with E-state index in [0.717, 1.165) is 99.8 Å². The molecule has 0 spiro atoms. The molecule has 33 nitrogen and oxygen atoms in total. The zero-order valence-electron chi connectivity index (χ0n) is 75.6. The summed E-state index contributed by atoms with van der Waals surface area (Å²) in [5.41, 5.74) is 6.21. The van der Waals surface area contributed by atoms with Gasteiger partial charge < -0.3 is 100 Å². The second kappa shape index (κ2) is 59.4. The van der Waals surface area contributed by atoms with Crippen LogP contribution in [0.2, 0.25) is 0 Å². The number of cyclic esters (lactones) is 2. The van der Waals surface area contributed by atoms with Crippen molar-refractivity contribution >= 4 is 118 Å². The molecule has 5 aromatic rings. The first-order chi connectivity index (χ1) is 61.3. The molecular formula is C91H120Br2Na2O33P2. The summed E-state index contributed by atoms with van der Waals surface area (Å²) in [5.74, 6) is -3.33.